The molecule has 3 nitrogen and oxygen atoms in total. The lowest BCUT2D eigenvalue weighted by atomic mass is 9.77. The number of ketones is 1. The van der Waals surface area contributed by atoms with Gasteiger partial charge < -0.3 is 5.11 Å². The Morgan fingerprint density at radius 3 is 2.22 bits per heavy atom. The van der Waals surface area contributed by atoms with Gasteiger partial charge in [-0.05, 0) is 88.7 Å². The van der Waals surface area contributed by atoms with Crippen LogP contribution in [0.2, 0.25) is 0 Å². The number of benzene rings is 4. The quantitative estimate of drug-likeness (QED) is 0.202. The molecule has 4 aromatic rings. The van der Waals surface area contributed by atoms with Crippen molar-refractivity contribution < 1.29 is 19.1 Å². The van der Waals surface area contributed by atoms with Gasteiger partial charge in [-0.15, -0.1) is 0 Å². The molecule has 0 heterocycles. The molecule has 0 saturated heterocycles. The van der Waals surface area contributed by atoms with Gasteiger partial charge in [0.15, 0.2) is 5.78 Å². The molecule has 0 spiro atoms. The van der Waals surface area contributed by atoms with Crippen LogP contribution in [0, 0.1) is 12.7 Å². The van der Waals surface area contributed by atoms with Gasteiger partial charge in [-0.1, -0.05) is 92.2 Å². The van der Waals surface area contributed by atoms with Crippen molar-refractivity contribution in [2.75, 3.05) is 0 Å². The van der Waals surface area contributed by atoms with E-state index in [0.717, 1.165) is 16.7 Å². The third-order valence-corrected chi connectivity index (χ3v) is 8.13. The summed E-state index contributed by atoms with van der Waals surface area (Å²) in [7, 11) is 0. The number of carboxylic acid groups (broad SMARTS) is 1. The van der Waals surface area contributed by atoms with Crippen LogP contribution in [0.4, 0.5) is 4.39 Å². The lowest BCUT2D eigenvalue weighted by Gasteiger charge is -2.28. The van der Waals surface area contributed by atoms with Crippen LogP contribution in [0.3, 0.4) is 0 Å². The molecule has 1 fully saturated rings. The van der Waals surface area contributed by atoms with Crippen LogP contribution in [0.1, 0.15) is 66.3 Å². The number of aliphatic carboxylic acids is 1. The van der Waals surface area contributed by atoms with E-state index in [2.05, 4.69) is 36.4 Å². The van der Waals surface area contributed by atoms with Crippen molar-refractivity contribution in [3.8, 4) is 22.3 Å². The first-order chi connectivity index (χ1) is 19.8. The summed E-state index contributed by atoms with van der Waals surface area (Å²) in [6.45, 7) is 3.65. The summed E-state index contributed by atoms with van der Waals surface area (Å²) in [5.74, 6) is -0.609. The topological polar surface area (TPSA) is 54.4 Å². The molecule has 4 heteroatoms. The van der Waals surface area contributed by atoms with E-state index in [0.29, 0.717) is 46.6 Å². The molecule has 4 aromatic carbocycles. The van der Waals surface area contributed by atoms with E-state index in [1.807, 2.05) is 50.3 Å². The molecular formula is C37H35FO3. The van der Waals surface area contributed by atoms with Crippen molar-refractivity contribution in [3.63, 3.8) is 0 Å². The highest BCUT2D eigenvalue weighted by atomic mass is 19.1. The fourth-order valence-corrected chi connectivity index (χ4v) is 5.67. The van der Waals surface area contributed by atoms with E-state index in [9.17, 15) is 9.59 Å². The number of hydrogen-bond acceptors (Lipinski definition) is 2. The molecule has 0 aliphatic heterocycles. The predicted molar refractivity (Wildman–Crippen MR) is 163 cm³/mol. The Bertz CT molecular complexity index is 1610. The summed E-state index contributed by atoms with van der Waals surface area (Å²) in [6.07, 6.45) is 6.36. The second-order valence-corrected chi connectivity index (χ2v) is 10.9. The number of rotatable bonds is 10. The van der Waals surface area contributed by atoms with E-state index in [-0.39, 0.29) is 18.0 Å². The second-order valence-electron chi connectivity index (χ2n) is 10.9. The van der Waals surface area contributed by atoms with Gasteiger partial charge in [0.2, 0.25) is 0 Å². The summed E-state index contributed by atoms with van der Waals surface area (Å²) >= 11 is 0. The second kappa shape index (κ2) is 12.5. The first-order valence-electron chi connectivity index (χ1n) is 14.4. The molecule has 0 radical (unpaired) electrons. The highest BCUT2D eigenvalue weighted by molar-refractivity contribution is 6.21. The Kier molecular flexibility index (Phi) is 8.58. The summed E-state index contributed by atoms with van der Waals surface area (Å²) < 4.78 is 15.4. The summed E-state index contributed by atoms with van der Waals surface area (Å²) in [5, 5.41) is 9.13. The maximum absolute atomic E-state index is 15.4. The average Bonchev–Trinajstić information content (AvgIpc) is 2.93. The summed E-state index contributed by atoms with van der Waals surface area (Å²) in [4.78, 5) is 24.2. The Labute approximate surface area is 241 Å². The number of Topliss-reactive ketones (excluding diaryl/α,β-unsaturated/α-hetero) is 1. The SMILES string of the molecule is CCC(=O)/C(=C\Cc1cccc(CC(=O)O)c1)c1cc(-c2ccc(-c3ccccc3C3CCC3)cc2)c(F)cc1C. The van der Waals surface area contributed by atoms with Gasteiger partial charge in [0, 0.05) is 17.6 Å². The number of carbonyl (C=O) groups is 2. The Morgan fingerprint density at radius 2 is 1.56 bits per heavy atom. The fourth-order valence-electron chi connectivity index (χ4n) is 5.67. The smallest absolute Gasteiger partial charge is 0.307 e. The minimum Gasteiger partial charge on any atom is -0.481 e. The molecule has 41 heavy (non-hydrogen) atoms. The number of carbonyl (C=O) groups excluding carboxylic acids is 1. The molecule has 208 valence electrons. The van der Waals surface area contributed by atoms with Crippen LogP contribution in [-0.2, 0) is 22.4 Å². The maximum atomic E-state index is 15.4. The number of aryl methyl sites for hydroxylation is 1. The van der Waals surface area contributed by atoms with Gasteiger partial charge in [-0.25, -0.2) is 4.39 Å². The van der Waals surface area contributed by atoms with Gasteiger partial charge in [0.25, 0.3) is 0 Å². The van der Waals surface area contributed by atoms with Crippen LogP contribution in [-0.4, -0.2) is 16.9 Å². The minimum atomic E-state index is -0.885. The highest BCUT2D eigenvalue weighted by Crippen LogP contribution is 2.41. The third-order valence-electron chi connectivity index (χ3n) is 8.13. The van der Waals surface area contributed by atoms with E-state index < -0.39 is 5.97 Å². The van der Waals surface area contributed by atoms with Crippen molar-refractivity contribution >= 4 is 17.3 Å². The molecule has 1 aliphatic rings. The Balaban J connectivity index is 1.47. The highest BCUT2D eigenvalue weighted by Gasteiger charge is 2.22. The molecule has 0 bridgehead atoms. The lowest BCUT2D eigenvalue weighted by Crippen LogP contribution is -2.09. The molecule has 1 N–H and O–H groups in total. The lowest BCUT2D eigenvalue weighted by molar-refractivity contribution is -0.136. The molecule has 0 atom stereocenters. The van der Waals surface area contributed by atoms with Crippen molar-refractivity contribution in [1.82, 2.24) is 0 Å². The maximum Gasteiger partial charge on any atom is 0.307 e. The molecule has 1 aliphatic carbocycles. The standard InChI is InChI=1S/C37H35FO3/c1-3-36(39)32(19-14-25-8-6-9-26(21-25)22-37(40)41)33-23-34(35(38)20-24(33)2)29-17-15-28(16-18-29)31-13-5-4-12-30(31)27-10-7-11-27/h4-6,8-9,12-13,15-21,23,27H,3,7,10-11,14,22H2,1-2H3,(H,40,41)/b32-19-. The number of halogens is 1. The largest absolute Gasteiger partial charge is 0.481 e. The van der Waals surface area contributed by atoms with Gasteiger partial charge in [-0.2, -0.15) is 0 Å². The molecule has 0 unspecified atom stereocenters. The van der Waals surface area contributed by atoms with Gasteiger partial charge in [-0.3, -0.25) is 9.59 Å². The number of hydrogen-bond donors (Lipinski definition) is 1. The molecule has 1 saturated carbocycles. The van der Waals surface area contributed by atoms with Crippen molar-refractivity contribution in [3.05, 3.63) is 125 Å². The first-order valence-corrected chi connectivity index (χ1v) is 14.4. The van der Waals surface area contributed by atoms with Crippen LogP contribution in [0.5, 0.6) is 0 Å². The van der Waals surface area contributed by atoms with Crippen molar-refractivity contribution in [1.29, 1.82) is 0 Å². The van der Waals surface area contributed by atoms with E-state index >= 15 is 4.39 Å². The van der Waals surface area contributed by atoms with Crippen LogP contribution >= 0.6 is 0 Å². The van der Waals surface area contributed by atoms with E-state index in [1.54, 1.807) is 12.1 Å². The minimum absolute atomic E-state index is 0.0182. The predicted octanol–water partition coefficient (Wildman–Crippen LogP) is 8.97. The Hall–Kier alpha value is -4.31. The van der Waals surface area contributed by atoms with Crippen molar-refractivity contribution in [2.45, 2.75) is 58.3 Å². The van der Waals surface area contributed by atoms with E-state index in [4.69, 9.17) is 5.11 Å². The van der Waals surface area contributed by atoms with Gasteiger partial charge in [0.1, 0.15) is 5.82 Å². The summed E-state index contributed by atoms with van der Waals surface area (Å²) in [5.41, 5.74) is 8.57. The Morgan fingerprint density at radius 1 is 0.878 bits per heavy atom. The van der Waals surface area contributed by atoms with Crippen molar-refractivity contribution in [2.24, 2.45) is 0 Å². The van der Waals surface area contributed by atoms with Crippen LogP contribution in [0.15, 0.2) is 91.0 Å². The third kappa shape index (κ3) is 6.38. The fraction of sp³-hybridized carbons (Fsp3) is 0.243. The number of allylic oxidation sites excluding steroid dienone is 2. The zero-order valence-corrected chi connectivity index (χ0v) is 23.6. The number of carboxylic acids is 1. The zero-order valence-electron chi connectivity index (χ0n) is 23.6. The monoisotopic (exact) mass is 546 g/mol. The van der Waals surface area contributed by atoms with E-state index in [1.165, 1.54) is 36.5 Å². The first kappa shape index (κ1) is 28.2. The summed E-state index contributed by atoms with van der Waals surface area (Å²) in [6, 6.07) is 27.3. The zero-order chi connectivity index (χ0) is 28.9. The van der Waals surface area contributed by atoms with Crippen LogP contribution in [0.25, 0.3) is 27.8 Å². The molecule has 5 rings (SSSR count). The molecular weight excluding hydrogens is 511 g/mol. The molecule has 0 aromatic heterocycles. The molecule has 0 amide bonds. The average molecular weight is 547 g/mol. The van der Waals surface area contributed by atoms with Gasteiger partial charge in [0.05, 0.1) is 6.42 Å². The normalized spacial score (nSPS) is 13.6. The van der Waals surface area contributed by atoms with Crippen LogP contribution < -0.4 is 0 Å². The van der Waals surface area contributed by atoms with Gasteiger partial charge >= 0.3 is 5.97 Å².